The molecule has 8 heteroatoms. The van der Waals surface area contributed by atoms with Crippen LogP contribution in [0, 0.1) is 36.5 Å². The highest BCUT2D eigenvalue weighted by Crippen LogP contribution is 2.45. The number of nitrogens with two attached hydrogens (primary N) is 1. The summed E-state index contributed by atoms with van der Waals surface area (Å²) >= 11 is 6.33. The molecule has 2 fully saturated rings. The van der Waals surface area contributed by atoms with Crippen molar-refractivity contribution in [2.24, 2.45) is 17.1 Å². The van der Waals surface area contributed by atoms with Crippen molar-refractivity contribution < 1.29 is 4.79 Å². The van der Waals surface area contributed by atoms with Crippen molar-refractivity contribution in [2.45, 2.75) is 39.7 Å². The maximum Gasteiger partial charge on any atom is 0.240 e. The predicted molar refractivity (Wildman–Crippen MR) is 120 cm³/mol. The lowest BCUT2D eigenvalue weighted by Crippen LogP contribution is -2.32. The number of aryl methyl sites for hydroxylation is 2. The highest BCUT2D eigenvalue weighted by atomic mass is 35.5. The number of aromatic nitrogens is 2. The van der Waals surface area contributed by atoms with E-state index in [4.69, 9.17) is 22.3 Å². The zero-order chi connectivity index (χ0) is 22.2. The van der Waals surface area contributed by atoms with Gasteiger partial charge in [0.15, 0.2) is 5.82 Å². The fourth-order valence-corrected chi connectivity index (χ4v) is 4.20. The minimum atomic E-state index is -0.850. The summed E-state index contributed by atoms with van der Waals surface area (Å²) < 4.78 is 0. The van der Waals surface area contributed by atoms with Crippen molar-refractivity contribution in [3.63, 3.8) is 0 Å². The van der Waals surface area contributed by atoms with E-state index in [9.17, 15) is 10.1 Å². The number of amides is 1. The average molecular weight is 439 g/mol. The third-order valence-electron chi connectivity index (χ3n) is 6.29. The number of nitrogens with one attached hydrogen (secondary N) is 1. The number of rotatable bonds is 6. The summed E-state index contributed by atoms with van der Waals surface area (Å²) in [4.78, 5) is 24.1. The Kier molecular flexibility index (Phi) is 5.87. The van der Waals surface area contributed by atoms with Crippen LogP contribution in [-0.4, -0.2) is 35.5 Å². The molecular formula is C23H27ClN6O. The molecule has 1 saturated heterocycles. The normalized spacial score (nSPS) is 19.2. The van der Waals surface area contributed by atoms with Crippen LogP contribution in [0.15, 0.2) is 18.3 Å². The van der Waals surface area contributed by atoms with E-state index in [1.165, 1.54) is 0 Å². The monoisotopic (exact) mass is 438 g/mol. The Bertz CT molecular complexity index is 1040. The first-order valence-electron chi connectivity index (χ1n) is 10.6. The summed E-state index contributed by atoms with van der Waals surface area (Å²) in [6, 6.07) is 6.12. The molecule has 1 aromatic heterocycles. The van der Waals surface area contributed by atoms with Gasteiger partial charge in [0.05, 0.1) is 6.07 Å². The second-order valence-electron chi connectivity index (χ2n) is 8.68. The number of nitriles is 1. The van der Waals surface area contributed by atoms with Crippen molar-refractivity contribution in [3.8, 4) is 17.5 Å². The van der Waals surface area contributed by atoms with Crippen LogP contribution >= 0.6 is 11.6 Å². The topological polar surface area (TPSA) is 108 Å². The molecule has 1 aliphatic heterocycles. The number of benzene rings is 1. The SMILES string of the molecule is Cc1cc(-c2ncc(CNC(=O)C3(C#N)CC3)c(N3CCC(CN)C3)n2)cc(C)c1Cl. The number of halogens is 1. The number of anilines is 1. The molecule has 162 valence electrons. The van der Waals surface area contributed by atoms with E-state index >= 15 is 0 Å². The largest absolute Gasteiger partial charge is 0.356 e. The van der Waals surface area contributed by atoms with Crippen molar-refractivity contribution in [2.75, 3.05) is 24.5 Å². The molecule has 4 rings (SSSR count). The van der Waals surface area contributed by atoms with Crippen LogP contribution in [0.4, 0.5) is 5.82 Å². The lowest BCUT2D eigenvalue weighted by Gasteiger charge is -2.22. The van der Waals surface area contributed by atoms with E-state index in [1.54, 1.807) is 6.20 Å². The molecule has 1 unspecified atom stereocenters. The van der Waals surface area contributed by atoms with Gasteiger partial charge in [0.1, 0.15) is 11.2 Å². The number of carbonyl (C=O) groups excluding carboxylic acids is 1. The summed E-state index contributed by atoms with van der Waals surface area (Å²) in [6.45, 7) is 6.56. The second kappa shape index (κ2) is 8.45. The molecule has 1 amide bonds. The van der Waals surface area contributed by atoms with Crippen molar-refractivity contribution >= 4 is 23.3 Å². The van der Waals surface area contributed by atoms with E-state index in [0.717, 1.165) is 52.6 Å². The fraction of sp³-hybridized carbons (Fsp3) is 0.478. The standard InChI is InChI=1S/C23H27ClN6O/c1-14-7-17(8-15(2)19(14)24)20-27-10-18(11-28-22(31)23(13-26)4-5-23)21(29-20)30-6-3-16(9-25)12-30/h7-8,10,16H,3-6,9,11-12,25H2,1-2H3,(H,28,31). The van der Waals surface area contributed by atoms with E-state index in [-0.39, 0.29) is 5.91 Å². The zero-order valence-corrected chi connectivity index (χ0v) is 18.7. The number of nitrogens with zero attached hydrogens (tertiary/aromatic N) is 4. The number of carbonyl (C=O) groups is 1. The first-order chi connectivity index (χ1) is 14.9. The Morgan fingerprint density at radius 3 is 2.68 bits per heavy atom. The molecule has 0 radical (unpaired) electrons. The van der Waals surface area contributed by atoms with Gasteiger partial charge in [0.2, 0.25) is 5.91 Å². The van der Waals surface area contributed by atoms with Gasteiger partial charge in [-0.3, -0.25) is 4.79 Å². The third kappa shape index (κ3) is 4.23. The molecule has 2 aliphatic rings. The van der Waals surface area contributed by atoms with Gasteiger partial charge in [-0.15, -0.1) is 0 Å². The molecule has 1 atom stereocenters. The van der Waals surface area contributed by atoms with Gasteiger partial charge in [0.25, 0.3) is 0 Å². The fourth-order valence-electron chi connectivity index (χ4n) is 4.09. The molecule has 7 nitrogen and oxygen atoms in total. The highest BCUT2D eigenvalue weighted by molar-refractivity contribution is 6.32. The summed E-state index contributed by atoms with van der Waals surface area (Å²) in [5.41, 5.74) is 8.75. The van der Waals surface area contributed by atoms with Crippen LogP contribution in [0.25, 0.3) is 11.4 Å². The third-order valence-corrected chi connectivity index (χ3v) is 6.89. The van der Waals surface area contributed by atoms with Crippen LogP contribution in [0.1, 0.15) is 36.0 Å². The first-order valence-corrected chi connectivity index (χ1v) is 11.0. The van der Waals surface area contributed by atoms with E-state index in [2.05, 4.69) is 21.3 Å². The van der Waals surface area contributed by atoms with Crippen LogP contribution in [-0.2, 0) is 11.3 Å². The van der Waals surface area contributed by atoms with Gasteiger partial charge in [-0.05, 0) is 68.8 Å². The predicted octanol–water partition coefficient (Wildman–Crippen LogP) is 3.12. The molecule has 0 bridgehead atoms. The smallest absolute Gasteiger partial charge is 0.240 e. The van der Waals surface area contributed by atoms with Crippen LogP contribution in [0.5, 0.6) is 0 Å². The lowest BCUT2D eigenvalue weighted by atomic mass is 10.1. The van der Waals surface area contributed by atoms with Crippen molar-refractivity contribution in [3.05, 3.63) is 40.0 Å². The molecule has 1 aromatic carbocycles. The lowest BCUT2D eigenvalue weighted by molar-refractivity contribution is -0.124. The van der Waals surface area contributed by atoms with Gasteiger partial charge < -0.3 is 16.0 Å². The van der Waals surface area contributed by atoms with E-state index in [1.807, 2.05) is 26.0 Å². The quantitative estimate of drug-likeness (QED) is 0.717. The Labute approximate surface area is 187 Å². The van der Waals surface area contributed by atoms with Gasteiger partial charge in [-0.25, -0.2) is 9.97 Å². The summed E-state index contributed by atoms with van der Waals surface area (Å²) in [5, 5.41) is 12.9. The van der Waals surface area contributed by atoms with E-state index in [0.29, 0.717) is 37.7 Å². The first kappa shape index (κ1) is 21.5. The second-order valence-corrected chi connectivity index (χ2v) is 9.06. The maximum absolute atomic E-state index is 12.4. The van der Waals surface area contributed by atoms with E-state index < -0.39 is 5.41 Å². The van der Waals surface area contributed by atoms with Gasteiger partial charge >= 0.3 is 0 Å². The molecule has 31 heavy (non-hydrogen) atoms. The summed E-state index contributed by atoms with van der Waals surface area (Å²) in [7, 11) is 0. The van der Waals surface area contributed by atoms with Crippen LogP contribution in [0.3, 0.4) is 0 Å². The molecule has 3 N–H and O–H groups in total. The zero-order valence-electron chi connectivity index (χ0n) is 17.9. The minimum absolute atomic E-state index is 0.213. The van der Waals surface area contributed by atoms with Gasteiger partial charge in [0, 0.05) is 42.0 Å². The molecule has 2 aromatic rings. The molecule has 1 aliphatic carbocycles. The van der Waals surface area contributed by atoms with Crippen LogP contribution < -0.4 is 16.0 Å². The molecule has 1 saturated carbocycles. The molecule has 2 heterocycles. The minimum Gasteiger partial charge on any atom is -0.356 e. The van der Waals surface area contributed by atoms with Crippen LogP contribution in [0.2, 0.25) is 5.02 Å². The maximum atomic E-state index is 12.4. The van der Waals surface area contributed by atoms with Crippen molar-refractivity contribution in [1.82, 2.24) is 15.3 Å². The van der Waals surface area contributed by atoms with Crippen molar-refractivity contribution in [1.29, 1.82) is 5.26 Å². The Morgan fingerprint density at radius 2 is 2.10 bits per heavy atom. The molecule has 0 spiro atoms. The summed E-state index contributed by atoms with van der Waals surface area (Å²) in [5.74, 6) is 1.65. The Hall–Kier alpha value is -2.69. The Balaban J connectivity index is 1.65. The van der Waals surface area contributed by atoms with Gasteiger partial charge in [-0.1, -0.05) is 11.6 Å². The number of hydrogen-bond acceptors (Lipinski definition) is 6. The highest BCUT2D eigenvalue weighted by Gasteiger charge is 2.50. The van der Waals surface area contributed by atoms with Gasteiger partial charge in [-0.2, -0.15) is 5.26 Å². The Morgan fingerprint density at radius 1 is 1.39 bits per heavy atom. The number of hydrogen-bond donors (Lipinski definition) is 2. The average Bonchev–Trinajstić information content (AvgIpc) is 3.44. The summed E-state index contributed by atoms with van der Waals surface area (Å²) in [6.07, 6.45) is 4.03. The molecular weight excluding hydrogens is 412 g/mol.